The van der Waals surface area contributed by atoms with Crippen LogP contribution in [-0.4, -0.2) is 29.4 Å². The van der Waals surface area contributed by atoms with Gasteiger partial charge in [0.2, 0.25) is 0 Å². The number of hydrogen-bond donors (Lipinski definition) is 3. The highest BCUT2D eigenvalue weighted by atomic mass is 16.5. The lowest BCUT2D eigenvalue weighted by molar-refractivity contribution is -0.144. The van der Waals surface area contributed by atoms with Gasteiger partial charge < -0.3 is 20.7 Å². The fourth-order valence-corrected chi connectivity index (χ4v) is 1.44. The Hall–Kier alpha value is -2.10. The van der Waals surface area contributed by atoms with E-state index in [4.69, 9.17) is 11.0 Å². The maximum Gasteiger partial charge on any atom is 0.308 e. The summed E-state index contributed by atoms with van der Waals surface area (Å²) in [4.78, 5) is 11.0. The van der Waals surface area contributed by atoms with E-state index >= 15 is 0 Å². The summed E-state index contributed by atoms with van der Waals surface area (Å²) < 4.78 is 4.39. The lowest BCUT2D eigenvalue weighted by atomic mass is 9.99. The maximum absolute atomic E-state index is 11.0. The average molecular weight is 250 g/mol. The van der Waals surface area contributed by atoms with Crippen LogP contribution in [0.4, 0.5) is 5.69 Å². The number of rotatable bonds is 4. The van der Waals surface area contributed by atoms with Crippen LogP contribution in [0.15, 0.2) is 18.2 Å². The predicted octanol–water partition coefficient (Wildman–Crippen LogP) is 0.0979. The highest BCUT2D eigenvalue weighted by Crippen LogP contribution is 2.22. The summed E-state index contributed by atoms with van der Waals surface area (Å²) in [6.45, 7) is 0. The van der Waals surface area contributed by atoms with E-state index < -0.39 is 18.2 Å². The van der Waals surface area contributed by atoms with Crippen molar-refractivity contribution >= 4 is 11.7 Å². The number of nitrogens with zero attached hydrogens (tertiary/aromatic N) is 1. The zero-order chi connectivity index (χ0) is 13.7. The predicted molar refractivity (Wildman–Crippen MR) is 63.2 cm³/mol. The molecule has 18 heavy (non-hydrogen) atoms. The van der Waals surface area contributed by atoms with Gasteiger partial charge in [0, 0.05) is 5.69 Å². The minimum absolute atomic E-state index is 0.205. The third-order valence-electron chi connectivity index (χ3n) is 2.51. The Labute approximate surface area is 104 Å². The Morgan fingerprint density at radius 2 is 2.22 bits per heavy atom. The summed E-state index contributed by atoms with van der Waals surface area (Å²) in [6.07, 6.45) is -2.91. The number of ether oxygens (including phenoxy) is 1. The third-order valence-corrected chi connectivity index (χ3v) is 2.51. The topological polar surface area (TPSA) is 117 Å². The van der Waals surface area contributed by atoms with Crippen molar-refractivity contribution in [2.75, 3.05) is 12.8 Å². The van der Waals surface area contributed by atoms with Crippen LogP contribution in [0.3, 0.4) is 0 Å². The normalized spacial score (nSPS) is 13.4. The molecule has 6 heteroatoms. The Bertz CT molecular complexity index is 481. The fourth-order valence-electron chi connectivity index (χ4n) is 1.44. The Balaban J connectivity index is 2.87. The molecule has 0 saturated carbocycles. The van der Waals surface area contributed by atoms with Gasteiger partial charge in [-0.25, -0.2) is 0 Å². The number of hydrogen-bond acceptors (Lipinski definition) is 6. The van der Waals surface area contributed by atoms with Crippen molar-refractivity contribution in [1.29, 1.82) is 5.26 Å². The molecular weight excluding hydrogens is 236 g/mol. The summed E-state index contributed by atoms with van der Waals surface area (Å²) in [5.41, 5.74) is 6.35. The second kappa shape index (κ2) is 6.00. The molecule has 0 heterocycles. The second-order valence-corrected chi connectivity index (χ2v) is 3.75. The maximum atomic E-state index is 11.0. The van der Waals surface area contributed by atoms with Crippen molar-refractivity contribution < 1.29 is 19.7 Å². The zero-order valence-electron chi connectivity index (χ0n) is 9.83. The molecule has 1 rings (SSSR count). The van der Waals surface area contributed by atoms with E-state index in [0.29, 0.717) is 5.56 Å². The third kappa shape index (κ3) is 3.20. The summed E-state index contributed by atoms with van der Waals surface area (Å²) >= 11 is 0. The first-order valence-electron chi connectivity index (χ1n) is 5.22. The Kier molecular flexibility index (Phi) is 4.66. The summed E-state index contributed by atoms with van der Waals surface area (Å²) in [6, 6.07) is 6.20. The van der Waals surface area contributed by atoms with Gasteiger partial charge in [-0.05, 0) is 17.7 Å². The van der Waals surface area contributed by atoms with Crippen LogP contribution in [0.1, 0.15) is 23.7 Å². The van der Waals surface area contributed by atoms with E-state index in [1.807, 2.05) is 6.07 Å². The van der Waals surface area contributed by atoms with Gasteiger partial charge in [0.05, 0.1) is 25.2 Å². The highest BCUT2D eigenvalue weighted by molar-refractivity contribution is 5.69. The number of methoxy groups -OCH3 is 1. The Morgan fingerprint density at radius 1 is 1.56 bits per heavy atom. The monoisotopic (exact) mass is 250 g/mol. The average Bonchev–Trinajstić information content (AvgIpc) is 2.38. The number of nitriles is 1. The molecule has 0 bridgehead atoms. The largest absolute Gasteiger partial charge is 0.469 e. The first-order chi connectivity index (χ1) is 8.49. The van der Waals surface area contributed by atoms with Gasteiger partial charge in [-0.2, -0.15) is 5.26 Å². The smallest absolute Gasteiger partial charge is 0.308 e. The van der Waals surface area contributed by atoms with Gasteiger partial charge in [0.25, 0.3) is 0 Å². The minimum Gasteiger partial charge on any atom is -0.469 e. The molecular formula is C12H14N2O4. The van der Waals surface area contributed by atoms with E-state index in [1.54, 1.807) is 0 Å². The van der Waals surface area contributed by atoms with Crippen LogP contribution in [0.25, 0.3) is 0 Å². The van der Waals surface area contributed by atoms with Gasteiger partial charge in [-0.1, -0.05) is 6.07 Å². The second-order valence-electron chi connectivity index (χ2n) is 3.75. The van der Waals surface area contributed by atoms with E-state index in [0.717, 1.165) is 0 Å². The number of anilines is 1. The Morgan fingerprint density at radius 3 is 2.78 bits per heavy atom. The molecule has 0 aliphatic rings. The molecule has 0 radical (unpaired) electrons. The fraction of sp³-hybridized carbons (Fsp3) is 0.333. The molecule has 6 nitrogen and oxygen atoms in total. The molecule has 2 atom stereocenters. The molecule has 0 saturated heterocycles. The molecule has 1 aromatic carbocycles. The zero-order valence-corrected chi connectivity index (χ0v) is 9.83. The lowest BCUT2D eigenvalue weighted by Gasteiger charge is -2.17. The molecule has 96 valence electrons. The number of nitrogens with two attached hydrogens (primary N) is 1. The van der Waals surface area contributed by atoms with Gasteiger partial charge in [-0.15, -0.1) is 0 Å². The van der Waals surface area contributed by atoms with Crippen molar-refractivity contribution in [2.24, 2.45) is 0 Å². The van der Waals surface area contributed by atoms with E-state index in [1.165, 1.54) is 25.3 Å². The molecule has 1 aromatic rings. The standard InChI is InChI=1S/C12H14N2O4/c1-18-11(16)5-10(15)12(17)7-2-3-9(14)8(4-7)6-13/h2-4,10,12,15,17H,5,14H2,1H3. The summed E-state index contributed by atoms with van der Waals surface area (Å²) in [7, 11) is 1.19. The number of esters is 1. The van der Waals surface area contributed by atoms with Crippen LogP contribution in [0, 0.1) is 11.3 Å². The molecule has 0 aromatic heterocycles. The number of aliphatic hydroxyl groups is 2. The number of nitrogen functional groups attached to an aromatic ring is 1. The summed E-state index contributed by atoms with van der Waals surface area (Å²) in [5, 5.41) is 28.3. The van der Waals surface area contributed by atoms with Crippen LogP contribution >= 0.6 is 0 Å². The van der Waals surface area contributed by atoms with Gasteiger partial charge in [0.1, 0.15) is 12.2 Å². The number of benzene rings is 1. The molecule has 2 unspecified atom stereocenters. The van der Waals surface area contributed by atoms with E-state index in [2.05, 4.69) is 4.74 Å². The van der Waals surface area contributed by atoms with Crippen molar-refractivity contribution in [3.05, 3.63) is 29.3 Å². The highest BCUT2D eigenvalue weighted by Gasteiger charge is 2.22. The van der Waals surface area contributed by atoms with Gasteiger partial charge in [0.15, 0.2) is 0 Å². The summed E-state index contributed by atoms with van der Waals surface area (Å²) in [5.74, 6) is -0.627. The SMILES string of the molecule is COC(=O)CC(O)C(O)c1ccc(N)c(C#N)c1. The number of carbonyl (C=O) groups is 1. The molecule has 0 spiro atoms. The lowest BCUT2D eigenvalue weighted by Crippen LogP contribution is -2.22. The number of carbonyl (C=O) groups excluding carboxylic acids is 1. The van der Waals surface area contributed by atoms with Crippen LogP contribution < -0.4 is 5.73 Å². The minimum atomic E-state index is -1.30. The van der Waals surface area contributed by atoms with Crippen molar-refractivity contribution in [2.45, 2.75) is 18.6 Å². The van der Waals surface area contributed by atoms with Crippen molar-refractivity contribution in [3.8, 4) is 6.07 Å². The van der Waals surface area contributed by atoms with Gasteiger partial charge >= 0.3 is 5.97 Å². The van der Waals surface area contributed by atoms with E-state index in [-0.39, 0.29) is 17.7 Å². The molecule has 4 N–H and O–H groups in total. The molecule has 0 fully saturated rings. The quantitative estimate of drug-likeness (QED) is 0.515. The molecule has 0 amide bonds. The molecule has 0 aliphatic carbocycles. The first-order valence-corrected chi connectivity index (χ1v) is 5.22. The molecule has 0 aliphatic heterocycles. The van der Waals surface area contributed by atoms with Gasteiger partial charge in [-0.3, -0.25) is 4.79 Å². The number of aliphatic hydroxyl groups excluding tert-OH is 2. The van der Waals surface area contributed by atoms with Crippen molar-refractivity contribution in [1.82, 2.24) is 0 Å². The van der Waals surface area contributed by atoms with Crippen LogP contribution in [0.5, 0.6) is 0 Å². The van der Waals surface area contributed by atoms with Crippen LogP contribution in [0.2, 0.25) is 0 Å². The first kappa shape index (κ1) is 14.0. The van der Waals surface area contributed by atoms with Crippen LogP contribution in [-0.2, 0) is 9.53 Å². The van der Waals surface area contributed by atoms with Crippen molar-refractivity contribution in [3.63, 3.8) is 0 Å². The van der Waals surface area contributed by atoms with E-state index in [9.17, 15) is 15.0 Å².